The number of aromatic carboxylic acids is 1. The zero-order valence-electron chi connectivity index (χ0n) is 14.8. The number of imidazole rings is 1. The number of hydrogen-bond acceptors (Lipinski definition) is 3. The van der Waals surface area contributed by atoms with Crippen LogP contribution in [0.1, 0.15) is 15.9 Å². The summed E-state index contributed by atoms with van der Waals surface area (Å²) in [5.41, 5.74) is 4.54. The summed E-state index contributed by atoms with van der Waals surface area (Å²) in [5, 5.41) is 17.9. The first-order chi connectivity index (χ1) is 13.7. The highest BCUT2D eigenvalue weighted by atomic mass is 16.4. The van der Waals surface area contributed by atoms with Crippen molar-refractivity contribution in [3.8, 4) is 11.5 Å². The van der Waals surface area contributed by atoms with Crippen molar-refractivity contribution in [3.05, 3.63) is 83.9 Å². The van der Waals surface area contributed by atoms with E-state index in [9.17, 15) is 9.90 Å². The summed E-state index contributed by atoms with van der Waals surface area (Å²) in [6, 6.07) is 23.0. The summed E-state index contributed by atoms with van der Waals surface area (Å²) < 4.78 is 2.08. The molecule has 2 heterocycles. The molecule has 0 aliphatic carbocycles. The lowest BCUT2D eigenvalue weighted by Gasteiger charge is -2.08. The Morgan fingerprint density at radius 2 is 1.79 bits per heavy atom. The molecule has 0 radical (unpaired) electrons. The second kappa shape index (κ2) is 6.35. The number of aromatic amines is 1. The monoisotopic (exact) mass is 368 g/mol. The first kappa shape index (κ1) is 16.3. The van der Waals surface area contributed by atoms with Gasteiger partial charge in [0.15, 0.2) is 5.82 Å². The summed E-state index contributed by atoms with van der Waals surface area (Å²) in [6.45, 7) is 0.611. The lowest BCUT2D eigenvalue weighted by molar-refractivity contribution is 0.0697. The van der Waals surface area contributed by atoms with Gasteiger partial charge in [0, 0.05) is 11.9 Å². The molecule has 0 spiro atoms. The SMILES string of the molecule is O=C(O)c1ccc2c(c1)nc(-c1n[nH]c3ccccc13)n2Cc1ccccc1. The maximum absolute atomic E-state index is 11.4. The Hall–Kier alpha value is -3.93. The van der Waals surface area contributed by atoms with Crippen molar-refractivity contribution >= 4 is 27.9 Å². The minimum Gasteiger partial charge on any atom is -0.478 e. The highest BCUT2D eigenvalue weighted by Crippen LogP contribution is 2.30. The molecule has 2 N–H and O–H groups in total. The standard InChI is InChI=1S/C22H16N4O2/c27-22(28)15-10-11-19-18(12-15)23-21(26(19)13-14-6-2-1-3-7-14)20-16-8-4-5-9-17(16)24-25-20/h1-12H,13H2,(H,24,25)(H,27,28). The molecule has 0 fully saturated rings. The molecular weight excluding hydrogens is 352 g/mol. The topological polar surface area (TPSA) is 83.8 Å². The van der Waals surface area contributed by atoms with E-state index in [1.54, 1.807) is 12.1 Å². The van der Waals surface area contributed by atoms with E-state index in [0.717, 1.165) is 27.7 Å². The van der Waals surface area contributed by atoms with E-state index in [2.05, 4.69) is 26.9 Å². The fraction of sp³-hybridized carbons (Fsp3) is 0.0455. The van der Waals surface area contributed by atoms with Crippen LogP contribution in [-0.4, -0.2) is 30.8 Å². The number of nitrogens with one attached hydrogen (secondary N) is 1. The predicted molar refractivity (Wildman–Crippen MR) is 107 cm³/mol. The van der Waals surface area contributed by atoms with E-state index in [-0.39, 0.29) is 5.56 Å². The molecular formula is C22H16N4O2. The lowest BCUT2D eigenvalue weighted by atomic mass is 10.2. The van der Waals surface area contributed by atoms with Gasteiger partial charge in [0.1, 0.15) is 5.69 Å². The summed E-state index contributed by atoms with van der Waals surface area (Å²) in [5.74, 6) is -0.259. The number of benzene rings is 3. The molecule has 0 saturated carbocycles. The number of carboxylic acid groups (broad SMARTS) is 1. The van der Waals surface area contributed by atoms with Gasteiger partial charge in [-0.3, -0.25) is 5.10 Å². The van der Waals surface area contributed by atoms with Crippen LogP contribution >= 0.6 is 0 Å². The zero-order chi connectivity index (χ0) is 19.1. The van der Waals surface area contributed by atoms with Gasteiger partial charge in [-0.15, -0.1) is 0 Å². The van der Waals surface area contributed by atoms with Gasteiger partial charge in [0.05, 0.1) is 22.1 Å². The van der Waals surface area contributed by atoms with Gasteiger partial charge in [-0.1, -0.05) is 48.5 Å². The van der Waals surface area contributed by atoms with Crippen LogP contribution in [0.25, 0.3) is 33.5 Å². The van der Waals surface area contributed by atoms with Gasteiger partial charge >= 0.3 is 5.97 Å². The molecule has 0 bridgehead atoms. The van der Waals surface area contributed by atoms with E-state index < -0.39 is 5.97 Å². The van der Waals surface area contributed by atoms with Crippen LogP contribution in [-0.2, 0) is 6.54 Å². The van der Waals surface area contributed by atoms with Crippen molar-refractivity contribution in [1.82, 2.24) is 19.7 Å². The molecule has 0 saturated heterocycles. The summed E-state index contributed by atoms with van der Waals surface area (Å²) in [6.07, 6.45) is 0. The number of hydrogen-bond donors (Lipinski definition) is 2. The minimum atomic E-state index is -0.966. The van der Waals surface area contributed by atoms with Crippen molar-refractivity contribution in [2.24, 2.45) is 0 Å². The van der Waals surface area contributed by atoms with Gasteiger partial charge in [-0.05, 0) is 29.8 Å². The van der Waals surface area contributed by atoms with Crippen molar-refractivity contribution in [1.29, 1.82) is 0 Å². The Morgan fingerprint density at radius 3 is 2.61 bits per heavy atom. The normalized spacial score (nSPS) is 11.3. The maximum atomic E-state index is 11.4. The molecule has 136 valence electrons. The van der Waals surface area contributed by atoms with Crippen LogP contribution in [0, 0.1) is 0 Å². The fourth-order valence-electron chi connectivity index (χ4n) is 3.50. The van der Waals surface area contributed by atoms with E-state index >= 15 is 0 Å². The third kappa shape index (κ3) is 2.63. The maximum Gasteiger partial charge on any atom is 0.335 e. The number of fused-ring (bicyclic) bond motifs is 2. The fourth-order valence-corrected chi connectivity index (χ4v) is 3.50. The third-order valence-corrected chi connectivity index (χ3v) is 4.86. The molecule has 0 amide bonds. The Labute approximate surface area is 160 Å². The van der Waals surface area contributed by atoms with Gasteiger partial charge in [0.2, 0.25) is 0 Å². The number of H-pyrrole nitrogens is 1. The lowest BCUT2D eigenvalue weighted by Crippen LogP contribution is -2.03. The molecule has 5 aromatic rings. The average molecular weight is 368 g/mol. The van der Waals surface area contributed by atoms with Crippen molar-refractivity contribution in [3.63, 3.8) is 0 Å². The molecule has 0 aliphatic rings. The Bertz CT molecular complexity index is 1320. The van der Waals surface area contributed by atoms with E-state index in [4.69, 9.17) is 4.98 Å². The Morgan fingerprint density at radius 1 is 1.00 bits per heavy atom. The quantitative estimate of drug-likeness (QED) is 0.495. The minimum absolute atomic E-state index is 0.218. The van der Waals surface area contributed by atoms with Crippen LogP contribution in [0.3, 0.4) is 0 Å². The van der Waals surface area contributed by atoms with Crippen LogP contribution in [0.2, 0.25) is 0 Å². The molecule has 0 aliphatic heterocycles. The molecule has 2 aromatic heterocycles. The predicted octanol–water partition coefficient (Wildman–Crippen LogP) is 4.33. The van der Waals surface area contributed by atoms with E-state index in [1.807, 2.05) is 48.5 Å². The zero-order valence-corrected chi connectivity index (χ0v) is 14.8. The summed E-state index contributed by atoms with van der Waals surface area (Å²) in [4.78, 5) is 16.1. The second-order valence-electron chi connectivity index (χ2n) is 6.63. The number of aromatic nitrogens is 4. The van der Waals surface area contributed by atoms with Crippen molar-refractivity contribution in [2.45, 2.75) is 6.54 Å². The molecule has 0 atom stereocenters. The Kier molecular flexibility index (Phi) is 3.69. The molecule has 0 unspecified atom stereocenters. The van der Waals surface area contributed by atoms with Gasteiger partial charge < -0.3 is 9.67 Å². The third-order valence-electron chi connectivity index (χ3n) is 4.86. The van der Waals surface area contributed by atoms with Gasteiger partial charge in [-0.2, -0.15) is 5.10 Å². The van der Waals surface area contributed by atoms with Crippen LogP contribution < -0.4 is 0 Å². The molecule has 3 aromatic carbocycles. The van der Waals surface area contributed by atoms with Crippen molar-refractivity contribution in [2.75, 3.05) is 0 Å². The Balaban J connectivity index is 1.76. The van der Waals surface area contributed by atoms with Crippen LogP contribution in [0.15, 0.2) is 72.8 Å². The molecule has 6 nitrogen and oxygen atoms in total. The first-order valence-electron chi connectivity index (χ1n) is 8.92. The van der Waals surface area contributed by atoms with Gasteiger partial charge in [-0.25, -0.2) is 9.78 Å². The molecule has 5 rings (SSSR count). The number of carbonyl (C=O) groups is 1. The second-order valence-corrected chi connectivity index (χ2v) is 6.63. The molecule has 28 heavy (non-hydrogen) atoms. The number of carboxylic acids is 1. The number of rotatable bonds is 4. The van der Waals surface area contributed by atoms with Crippen molar-refractivity contribution < 1.29 is 9.90 Å². The summed E-state index contributed by atoms with van der Waals surface area (Å²) in [7, 11) is 0. The number of nitrogens with zero attached hydrogens (tertiary/aromatic N) is 3. The highest BCUT2D eigenvalue weighted by molar-refractivity contribution is 5.96. The van der Waals surface area contributed by atoms with Gasteiger partial charge in [0.25, 0.3) is 0 Å². The van der Waals surface area contributed by atoms with E-state index in [0.29, 0.717) is 17.9 Å². The van der Waals surface area contributed by atoms with Crippen LogP contribution in [0.4, 0.5) is 0 Å². The smallest absolute Gasteiger partial charge is 0.335 e. The first-order valence-corrected chi connectivity index (χ1v) is 8.92. The average Bonchev–Trinajstić information content (AvgIpc) is 3.30. The molecule has 6 heteroatoms. The largest absolute Gasteiger partial charge is 0.478 e. The van der Waals surface area contributed by atoms with Crippen LogP contribution in [0.5, 0.6) is 0 Å². The number of para-hydroxylation sites is 1. The van der Waals surface area contributed by atoms with E-state index in [1.165, 1.54) is 0 Å². The summed E-state index contributed by atoms with van der Waals surface area (Å²) >= 11 is 0. The highest BCUT2D eigenvalue weighted by Gasteiger charge is 2.18.